The van der Waals surface area contributed by atoms with Gasteiger partial charge in [-0.3, -0.25) is 4.79 Å². The summed E-state index contributed by atoms with van der Waals surface area (Å²) >= 11 is 0. The molecule has 0 heterocycles. The lowest BCUT2D eigenvalue weighted by Crippen LogP contribution is -2.43. The quantitative estimate of drug-likeness (QED) is 0.649. The van der Waals surface area contributed by atoms with E-state index in [1.54, 1.807) is 7.11 Å². The largest absolute Gasteiger partial charge is 0.493 e. The number of amides is 1. The molecular weight excluding hydrogens is 302 g/mol. The molecule has 1 fully saturated rings. The van der Waals surface area contributed by atoms with Gasteiger partial charge in [-0.1, -0.05) is 26.2 Å². The van der Waals surface area contributed by atoms with Crippen molar-refractivity contribution in [2.24, 2.45) is 0 Å². The van der Waals surface area contributed by atoms with Crippen LogP contribution in [0.25, 0.3) is 0 Å². The van der Waals surface area contributed by atoms with Crippen LogP contribution in [0.5, 0.6) is 11.5 Å². The molecule has 1 aliphatic rings. The van der Waals surface area contributed by atoms with Gasteiger partial charge in [0.25, 0.3) is 5.91 Å². The van der Waals surface area contributed by atoms with Crippen molar-refractivity contribution in [1.29, 1.82) is 0 Å². The van der Waals surface area contributed by atoms with Gasteiger partial charge < -0.3 is 14.4 Å². The van der Waals surface area contributed by atoms with Crippen LogP contribution in [-0.2, 0) is 0 Å². The lowest BCUT2D eigenvalue weighted by atomic mass is 10.1. The maximum absolute atomic E-state index is 13.0. The first-order valence-electron chi connectivity index (χ1n) is 9.22. The van der Waals surface area contributed by atoms with Crippen LogP contribution >= 0.6 is 0 Å². The molecule has 1 saturated carbocycles. The Bertz CT molecular complexity index is 536. The number of carbonyl (C=O) groups excluding carboxylic acids is 1. The van der Waals surface area contributed by atoms with E-state index in [2.05, 4.69) is 20.8 Å². The van der Waals surface area contributed by atoms with Gasteiger partial charge in [-0.25, -0.2) is 0 Å². The SMILES string of the molecule is CCCCOc1ccc(C(=O)N(C(C)C)C2CCCC2)cc1OC. The minimum absolute atomic E-state index is 0.0929. The Morgan fingerprint density at radius 1 is 1.25 bits per heavy atom. The van der Waals surface area contributed by atoms with Crippen molar-refractivity contribution in [3.05, 3.63) is 23.8 Å². The van der Waals surface area contributed by atoms with Crippen LogP contribution in [0.1, 0.15) is 69.7 Å². The van der Waals surface area contributed by atoms with Gasteiger partial charge in [-0.15, -0.1) is 0 Å². The van der Waals surface area contributed by atoms with E-state index in [0.29, 0.717) is 29.7 Å². The monoisotopic (exact) mass is 333 g/mol. The molecule has 134 valence electrons. The van der Waals surface area contributed by atoms with E-state index in [4.69, 9.17) is 9.47 Å². The molecule has 24 heavy (non-hydrogen) atoms. The van der Waals surface area contributed by atoms with Gasteiger partial charge in [0, 0.05) is 17.6 Å². The summed E-state index contributed by atoms with van der Waals surface area (Å²) in [6.07, 6.45) is 6.75. The summed E-state index contributed by atoms with van der Waals surface area (Å²) in [7, 11) is 1.62. The van der Waals surface area contributed by atoms with Crippen molar-refractivity contribution in [2.45, 2.75) is 71.4 Å². The molecule has 0 aliphatic heterocycles. The number of benzene rings is 1. The third kappa shape index (κ3) is 4.43. The molecule has 0 atom stereocenters. The maximum atomic E-state index is 13.0. The fourth-order valence-corrected chi connectivity index (χ4v) is 3.40. The van der Waals surface area contributed by atoms with E-state index in [9.17, 15) is 4.79 Å². The van der Waals surface area contributed by atoms with E-state index < -0.39 is 0 Å². The standard InChI is InChI=1S/C20H31NO3/c1-5-6-13-24-18-12-11-16(14-19(18)23-4)20(22)21(15(2)3)17-9-7-8-10-17/h11-12,14-15,17H,5-10,13H2,1-4H3. The molecule has 0 N–H and O–H groups in total. The third-order valence-electron chi connectivity index (χ3n) is 4.67. The Kier molecular flexibility index (Phi) is 6.95. The molecular formula is C20H31NO3. The number of unbranched alkanes of at least 4 members (excludes halogenated alkanes) is 1. The minimum Gasteiger partial charge on any atom is -0.493 e. The highest BCUT2D eigenvalue weighted by molar-refractivity contribution is 5.95. The van der Waals surface area contributed by atoms with E-state index in [1.165, 1.54) is 12.8 Å². The van der Waals surface area contributed by atoms with Gasteiger partial charge >= 0.3 is 0 Å². The highest BCUT2D eigenvalue weighted by Gasteiger charge is 2.29. The molecule has 2 rings (SSSR count). The summed E-state index contributed by atoms with van der Waals surface area (Å²) in [5, 5.41) is 0. The zero-order chi connectivity index (χ0) is 17.5. The second-order valence-corrected chi connectivity index (χ2v) is 6.81. The average Bonchev–Trinajstić information content (AvgIpc) is 3.09. The van der Waals surface area contributed by atoms with Crippen LogP contribution in [0.15, 0.2) is 18.2 Å². The number of rotatable bonds is 8. The summed E-state index contributed by atoms with van der Waals surface area (Å²) in [5.74, 6) is 1.43. The number of ether oxygens (including phenoxy) is 2. The van der Waals surface area contributed by atoms with Crippen LogP contribution in [0.2, 0.25) is 0 Å². The normalized spacial score (nSPS) is 14.9. The Balaban J connectivity index is 2.18. The molecule has 4 nitrogen and oxygen atoms in total. The summed E-state index contributed by atoms with van der Waals surface area (Å²) in [6, 6.07) is 6.09. The number of hydrogen-bond donors (Lipinski definition) is 0. The van der Waals surface area contributed by atoms with E-state index >= 15 is 0 Å². The molecule has 0 unspecified atom stereocenters. The van der Waals surface area contributed by atoms with Crippen molar-refractivity contribution in [3.63, 3.8) is 0 Å². The molecule has 1 aliphatic carbocycles. The Hall–Kier alpha value is -1.71. The first-order valence-corrected chi connectivity index (χ1v) is 9.22. The zero-order valence-corrected chi connectivity index (χ0v) is 15.5. The van der Waals surface area contributed by atoms with Gasteiger partial charge in [0.15, 0.2) is 11.5 Å². The van der Waals surface area contributed by atoms with Gasteiger partial charge in [0.2, 0.25) is 0 Å². The lowest BCUT2D eigenvalue weighted by Gasteiger charge is -2.33. The van der Waals surface area contributed by atoms with Crippen LogP contribution in [0.3, 0.4) is 0 Å². The van der Waals surface area contributed by atoms with Crippen molar-refractivity contribution in [2.75, 3.05) is 13.7 Å². The van der Waals surface area contributed by atoms with Crippen LogP contribution < -0.4 is 9.47 Å². The third-order valence-corrected chi connectivity index (χ3v) is 4.67. The zero-order valence-electron chi connectivity index (χ0n) is 15.5. The average molecular weight is 333 g/mol. The minimum atomic E-state index is 0.0929. The van der Waals surface area contributed by atoms with Crippen molar-refractivity contribution < 1.29 is 14.3 Å². The molecule has 0 bridgehead atoms. The predicted molar refractivity (Wildman–Crippen MR) is 97.0 cm³/mol. The van der Waals surface area contributed by atoms with Gasteiger partial charge in [-0.2, -0.15) is 0 Å². The molecule has 0 spiro atoms. The number of methoxy groups -OCH3 is 1. The maximum Gasteiger partial charge on any atom is 0.254 e. The Labute approximate surface area is 146 Å². The second kappa shape index (κ2) is 8.95. The van der Waals surface area contributed by atoms with Crippen molar-refractivity contribution >= 4 is 5.91 Å². The Morgan fingerprint density at radius 3 is 2.54 bits per heavy atom. The van der Waals surface area contributed by atoms with E-state index in [-0.39, 0.29) is 11.9 Å². The first-order chi connectivity index (χ1) is 11.6. The van der Waals surface area contributed by atoms with Gasteiger partial charge in [-0.05, 0) is 51.3 Å². The summed E-state index contributed by atoms with van der Waals surface area (Å²) in [4.78, 5) is 15.1. The number of nitrogens with zero attached hydrogens (tertiary/aromatic N) is 1. The first kappa shape index (κ1) is 18.6. The highest BCUT2D eigenvalue weighted by atomic mass is 16.5. The van der Waals surface area contributed by atoms with Crippen LogP contribution in [0.4, 0.5) is 0 Å². The smallest absolute Gasteiger partial charge is 0.254 e. The number of carbonyl (C=O) groups is 1. The van der Waals surface area contributed by atoms with Gasteiger partial charge in [0.05, 0.1) is 13.7 Å². The van der Waals surface area contributed by atoms with Gasteiger partial charge in [0.1, 0.15) is 0 Å². The molecule has 4 heteroatoms. The molecule has 1 amide bonds. The second-order valence-electron chi connectivity index (χ2n) is 6.81. The van der Waals surface area contributed by atoms with E-state index in [1.807, 2.05) is 23.1 Å². The molecule has 0 radical (unpaired) electrons. The fraction of sp³-hybridized carbons (Fsp3) is 0.650. The topological polar surface area (TPSA) is 38.8 Å². The molecule has 0 aromatic heterocycles. The fourth-order valence-electron chi connectivity index (χ4n) is 3.40. The van der Waals surface area contributed by atoms with Crippen molar-refractivity contribution in [3.8, 4) is 11.5 Å². The highest BCUT2D eigenvalue weighted by Crippen LogP contribution is 2.31. The van der Waals surface area contributed by atoms with Crippen molar-refractivity contribution in [1.82, 2.24) is 4.90 Å². The lowest BCUT2D eigenvalue weighted by molar-refractivity contribution is 0.0613. The molecule has 0 saturated heterocycles. The summed E-state index contributed by atoms with van der Waals surface area (Å²) in [5.41, 5.74) is 0.676. The molecule has 1 aromatic rings. The Morgan fingerprint density at radius 2 is 1.96 bits per heavy atom. The number of hydrogen-bond acceptors (Lipinski definition) is 3. The summed E-state index contributed by atoms with van der Waals surface area (Å²) in [6.45, 7) is 6.98. The predicted octanol–water partition coefficient (Wildman–Crippen LogP) is 4.67. The molecule has 1 aromatic carbocycles. The van der Waals surface area contributed by atoms with E-state index in [0.717, 1.165) is 25.7 Å². The van der Waals surface area contributed by atoms with Crippen LogP contribution in [-0.4, -0.2) is 36.6 Å². The van der Waals surface area contributed by atoms with Crippen LogP contribution in [0, 0.1) is 0 Å². The summed E-state index contributed by atoms with van der Waals surface area (Å²) < 4.78 is 11.2.